The number of primary amides is 1. The lowest BCUT2D eigenvalue weighted by Gasteiger charge is -2.10. The van der Waals surface area contributed by atoms with Crippen molar-refractivity contribution in [2.24, 2.45) is 5.73 Å². The Kier molecular flexibility index (Phi) is 4.64. The summed E-state index contributed by atoms with van der Waals surface area (Å²) >= 11 is 0. The van der Waals surface area contributed by atoms with Gasteiger partial charge in [-0.3, -0.25) is 0 Å². The van der Waals surface area contributed by atoms with Crippen LogP contribution in [0.25, 0.3) is 0 Å². The molecule has 88 valence electrons. The van der Waals surface area contributed by atoms with Crippen LogP contribution in [0, 0.1) is 0 Å². The van der Waals surface area contributed by atoms with E-state index in [2.05, 4.69) is 18.3 Å². The zero-order valence-corrected chi connectivity index (χ0v) is 9.75. The van der Waals surface area contributed by atoms with Gasteiger partial charge in [0, 0.05) is 6.54 Å². The molecule has 0 spiro atoms. The molecule has 0 aliphatic rings. The molecule has 0 heterocycles. The molecule has 0 unspecified atom stereocenters. The SMILES string of the molecule is CCc1ccc(OC)c(CCNC(N)=O)c1. The third kappa shape index (κ3) is 3.46. The van der Waals surface area contributed by atoms with Crippen molar-refractivity contribution in [3.8, 4) is 5.75 Å². The quantitative estimate of drug-likeness (QED) is 0.792. The van der Waals surface area contributed by atoms with Crippen LogP contribution >= 0.6 is 0 Å². The number of hydrogen-bond acceptors (Lipinski definition) is 2. The molecule has 1 aromatic carbocycles. The molecule has 3 N–H and O–H groups in total. The van der Waals surface area contributed by atoms with Crippen LogP contribution < -0.4 is 15.8 Å². The molecule has 0 fully saturated rings. The number of ether oxygens (including phenoxy) is 1. The van der Waals surface area contributed by atoms with Gasteiger partial charge < -0.3 is 15.8 Å². The summed E-state index contributed by atoms with van der Waals surface area (Å²) in [7, 11) is 1.64. The Labute approximate surface area is 95.8 Å². The van der Waals surface area contributed by atoms with Gasteiger partial charge in [0.1, 0.15) is 5.75 Å². The second-order valence-electron chi connectivity index (χ2n) is 3.54. The van der Waals surface area contributed by atoms with Crippen molar-refractivity contribution in [3.05, 3.63) is 29.3 Å². The minimum Gasteiger partial charge on any atom is -0.496 e. The summed E-state index contributed by atoms with van der Waals surface area (Å²) in [6, 6.07) is 5.61. The van der Waals surface area contributed by atoms with E-state index in [0.717, 1.165) is 24.2 Å². The van der Waals surface area contributed by atoms with Gasteiger partial charge in [0.2, 0.25) is 0 Å². The summed E-state index contributed by atoms with van der Waals surface area (Å²) < 4.78 is 5.26. The minimum absolute atomic E-state index is 0.495. The maximum atomic E-state index is 10.5. The fourth-order valence-electron chi connectivity index (χ4n) is 1.57. The summed E-state index contributed by atoms with van der Waals surface area (Å²) in [5.74, 6) is 0.850. The fraction of sp³-hybridized carbons (Fsp3) is 0.417. The van der Waals surface area contributed by atoms with Gasteiger partial charge in [-0.05, 0) is 30.0 Å². The smallest absolute Gasteiger partial charge is 0.312 e. The fourth-order valence-corrected chi connectivity index (χ4v) is 1.57. The summed E-state index contributed by atoms with van der Waals surface area (Å²) in [5, 5.41) is 2.57. The highest BCUT2D eigenvalue weighted by Gasteiger charge is 2.04. The van der Waals surface area contributed by atoms with Gasteiger partial charge in [-0.1, -0.05) is 19.1 Å². The maximum absolute atomic E-state index is 10.5. The first-order chi connectivity index (χ1) is 7.67. The standard InChI is InChI=1S/C12H18N2O2/c1-3-9-4-5-11(16-2)10(8-9)6-7-14-12(13)15/h4-5,8H,3,6-7H2,1-2H3,(H3,13,14,15). The molecule has 0 aliphatic heterocycles. The first kappa shape index (κ1) is 12.4. The molecular weight excluding hydrogens is 204 g/mol. The third-order valence-electron chi connectivity index (χ3n) is 2.45. The predicted molar refractivity (Wildman–Crippen MR) is 63.7 cm³/mol. The van der Waals surface area contributed by atoms with Crippen molar-refractivity contribution in [2.45, 2.75) is 19.8 Å². The molecular formula is C12H18N2O2. The van der Waals surface area contributed by atoms with Gasteiger partial charge in [-0.2, -0.15) is 0 Å². The van der Waals surface area contributed by atoms with E-state index in [1.807, 2.05) is 12.1 Å². The Morgan fingerprint density at radius 2 is 2.25 bits per heavy atom. The van der Waals surface area contributed by atoms with Gasteiger partial charge in [0.15, 0.2) is 0 Å². The average Bonchev–Trinajstić information content (AvgIpc) is 2.28. The number of hydrogen-bond donors (Lipinski definition) is 2. The number of rotatable bonds is 5. The topological polar surface area (TPSA) is 64.3 Å². The second-order valence-corrected chi connectivity index (χ2v) is 3.54. The van der Waals surface area contributed by atoms with Gasteiger partial charge in [0.25, 0.3) is 0 Å². The number of aryl methyl sites for hydroxylation is 1. The highest BCUT2D eigenvalue weighted by atomic mass is 16.5. The van der Waals surface area contributed by atoms with Crippen LogP contribution in [0.3, 0.4) is 0 Å². The molecule has 2 amide bonds. The molecule has 0 aliphatic carbocycles. The Morgan fingerprint density at radius 1 is 1.50 bits per heavy atom. The van der Waals surface area contributed by atoms with E-state index in [4.69, 9.17) is 10.5 Å². The number of nitrogens with two attached hydrogens (primary N) is 1. The van der Waals surface area contributed by atoms with E-state index in [9.17, 15) is 4.79 Å². The van der Waals surface area contributed by atoms with Crippen molar-refractivity contribution in [1.82, 2.24) is 5.32 Å². The van der Waals surface area contributed by atoms with Crippen LogP contribution in [0.15, 0.2) is 18.2 Å². The molecule has 16 heavy (non-hydrogen) atoms. The molecule has 0 saturated heterocycles. The van der Waals surface area contributed by atoms with E-state index in [-0.39, 0.29) is 0 Å². The van der Waals surface area contributed by atoms with Gasteiger partial charge in [-0.25, -0.2) is 4.79 Å². The van der Waals surface area contributed by atoms with E-state index in [1.54, 1.807) is 7.11 Å². The van der Waals surface area contributed by atoms with Gasteiger partial charge >= 0.3 is 6.03 Å². The molecule has 0 saturated carbocycles. The van der Waals surface area contributed by atoms with Crippen molar-refractivity contribution < 1.29 is 9.53 Å². The molecule has 0 radical (unpaired) electrons. The van der Waals surface area contributed by atoms with Crippen molar-refractivity contribution in [2.75, 3.05) is 13.7 Å². The molecule has 1 rings (SSSR count). The summed E-state index contributed by atoms with van der Waals surface area (Å²) in [6.07, 6.45) is 1.71. The Morgan fingerprint density at radius 3 is 2.81 bits per heavy atom. The largest absolute Gasteiger partial charge is 0.496 e. The average molecular weight is 222 g/mol. The number of urea groups is 1. The van der Waals surface area contributed by atoms with Crippen molar-refractivity contribution in [1.29, 1.82) is 0 Å². The van der Waals surface area contributed by atoms with Crippen LogP contribution in [0.2, 0.25) is 0 Å². The lowest BCUT2D eigenvalue weighted by molar-refractivity contribution is 0.249. The van der Waals surface area contributed by atoms with Crippen LogP contribution in [-0.2, 0) is 12.8 Å². The number of benzene rings is 1. The van der Waals surface area contributed by atoms with Crippen LogP contribution in [0.5, 0.6) is 5.75 Å². The minimum atomic E-state index is -0.495. The van der Waals surface area contributed by atoms with Crippen LogP contribution in [0.4, 0.5) is 4.79 Å². The maximum Gasteiger partial charge on any atom is 0.312 e. The van der Waals surface area contributed by atoms with Crippen molar-refractivity contribution in [3.63, 3.8) is 0 Å². The first-order valence-electron chi connectivity index (χ1n) is 5.36. The normalized spacial score (nSPS) is 9.88. The summed E-state index contributed by atoms with van der Waals surface area (Å²) in [6.45, 7) is 2.63. The monoisotopic (exact) mass is 222 g/mol. The van der Waals surface area contributed by atoms with E-state index < -0.39 is 6.03 Å². The summed E-state index contributed by atoms with van der Waals surface area (Å²) in [5.41, 5.74) is 7.35. The summed E-state index contributed by atoms with van der Waals surface area (Å²) in [4.78, 5) is 10.5. The molecule has 4 nitrogen and oxygen atoms in total. The Hall–Kier alpha value is -1.71. The van der Waals surface area contributed by atoms with Crippen LogP contribution in [0.1, 0.15) is 18.1 Å². The molecule has 1 aromatic rings. The predicted octanol–water partition coefficient (Wildman–Crippen LogP) is 1.47. The number of carbonyl (C=O) groups is 1. The van der Waals surface area contributed by atoms with Gasteiger partial charge in [0.05, 0.1) is 7.11 Å². The zero-order valence-electron chi connectivity index (χ0n) is 9.75. The number of methoxy groups -OCH3 is 1. The highest BCUT2D eigenvalue weighted by molar-refractivity contribution is 5.71. The number of nitrogens with one attached hydrogen (secondary N) is 1. The third-order valence-corrected chi connectivity index (χ3v) is 2.45. The molecule has 4 heteroatoms. The second kappa shape index (κ2) is 6.00. The van der Waals surface area contributed by atoms with E-state index in [0.29, 0.717) is 6.54 Å². The molecule has 0 aromatic heterocycles. The molecule has 0 atom stereocenters. The lowest BCUT2D eigenvalue weighted by Crippen LogP contribution is -2.31. The molecule has 0 bridgehead atoms. The highest BCUT2D eigenvalue weighted by Crippen LogP contribution is 2.20. The van der Waals surface area contributed by atoms with Crippen LogP contribution in [-0.4, -0.2) is 19.7 Å². The Balaban J connectivity index is 2.71. The Bertz CT molecular complexity index is 364. The lowest BCUT2D eigenvalue weighted by atomic mass is 10.1. The zero-order chi connectivity index (χ0) is 12.0. The van der Waals surface area contributed by atoms with E-state index >= 15 is 0 Å². The van der Waals surface area contributed by atoms with E-state index in [1.165, 1.54) is 5.56 Å². The van der Waals surface area contributed by atoms with Crippen molar-refractivity contribution >= 4 is 6.03 Å². The van der Waals surface area contributed by atoms with Gasteiger partial charge in [-0.15, -0.1) is 0 Å². The number of carbonyl (C=O) groups excluding carboxylic acids is 1. The number of amides is 2. The first-order valence-corrected chi connectivity index (χ1v) is 5.36.